The van der Waals surface area contributed by atoms with E-state index in [2.05, 4.69) is 44.7 Å². The molecule has 0 aliphatic carbocycles. The topological polar surface area (TPSA) is 32.8 Å². The van der Waals surface area contributed by atoms with Crippen molar-refractivity contribution in [2.45, 2.75) is 33.1 Å². The van der Waals surface area contributed by atoms with Crippen LogP contribution < -0.4 is 9.64 Å². The summed E-state index contributed by atoms with van der Waals surface area (Å²) in [6.07, 6.45) is 0. The minimum absolute atomic E-state index is 0.0300. The first kappa shape index (κ1) is 20.5. The molecular formula is C23H29ClN2O2. The fourth-order valence-corrected chi connectivity index (χ4v) is 3.57. The van der Waals surface area contributed by atoms with Crippen molar-refractivity contribution >= 4 is 23.2 Å². The Kier molecular flexibility index (Phi) is 6.19. The van der Waals surface area contributed by atoms with E-state index in [4.69, 9.17) is 16.3 Å². The van der Waals surface area contributed by atoms with Gasteiger partial charge < -0.3 is 14.5 Å². The lowest BCUT2D eigenvalue weighted by Crippen LogP contribution is -2.50. The second kappa shape index (κ2) is 8.44. The van der Waals surface area contributed by atoms with Crippen LogP contribution in [0.2, 0.25) is 5.02 Å². The molecule has 1 saturated heterocycles. The lowest BCUT2D eigenvalue weighted by molar-refractivity contribution is -0.133. The fourth-order valence-electron chi connectivity index (χ4n) is 3.41. The Labute approximate surface area is 173 Å². The van der Waals surface area contributed by atoms with E-state index in [-0.39, 0.29) is 17.9 Å². The van der Waals surface area contributed by atoms with Crippen molar-refractivity contribution in [1.29, 1.82) is 0 Å². The van der Waals surface area contributed by atoms with Gasteiger partial charge >= 0.3 is 0 Å². The molecule has 5 heteroatoms. The number of ether oxygens (including phenoxy) is 1. The molecule has 1 fully saturated rings. The van der Waals surface area contributed by atoms with Crippen molar-refractivity contribution in [2.24, 2.45) is 0 Å². The summed E-state index contributed by atoms with van der Waals surface area (Å²) in [7, 11) is 0. The molecule has 1 amide bonds. The number of hydrogen-bond acceptors (Lipinski definition) is 3. The molecule has 0 unspecified atom stereocenters. The molecule has 1 aliphatic heterocycles. The monoisotopic (exact) mass is 400 g/mol. The maximum Gasteiger partial charge on any atom is 0.260 e. The van der Waals surface area contributed by atoms with Crippen LogP contribution in [-0.2, 0) is 10.2 Å². The number of aryl methyl sites for hydroxylation is 1. The lowest BCUT2D eigenvalue weighted by atomic mass is 9.87. The first-order valence-corrected chi connectivity index (χ1v) is 10.1. The van der Waals surface area contributed by atoms with E-state index in [9.17, 15) is 4.79 Å². The number of anilines is 1. The van der Waals surface area contributed by atoms with Crippen molar-refractivity contribution in [3.8, 4) is 5.75 Å². The minimum Gasteiger partial charge on any atom is -0.484 e. The number of halogens is 1. The average molecular weight is 401 g/mol. The zero-order valence-electron chi connectivity index (χ0n) is 17.2. The quantitative estimate of drug-likeness (QED) is 0.747. The average Bonchev–Trinajstić information content (AvgIpc) is 2.68. The predicted octanol–water partition coefficient (Wildman–Crippen LogP) is 4.67. The molecule has 0 aromatic heterocycles. The maximum absolute atomic E-state index is 12.5. The predicted molar refractivity (Wildman–Crippen MR) is 116 cm³/mol. The number of benzene rings is 2. The van der Waals surface area contributed by atoms with Crippen molar-refractivity contribution < 1.29 is 9.53 Å². The van der Waals surface area contributed by atoms with Crippen LogP contribution in [0, 0.1) is 6.92 Å². The molecule has 150 valence electrons. The highest BCUT2D eigenvalue weighted by Crippen LogP contribution is 2.26. The van der Waals surface area contributed by atoms with Gasteiger partial charge in [-0.25, -0.2) is 0 Å². The Morgan fingerprint density at radius 1 is 1.04 bits per heavy atom. The Hall–Kier alpha value is -2.20. The van der Waals surface area contributed by atoms with Crippen LogP contribution in [0.3, 0.4) is 0 Å². The highest BCUT2D eigenvalue weighted by Gasteiger charge is 2.22. The van der Waals surface area contributed by atoms with Gasteiger partial charge in [-0.05, 0) is 47.7 Å². The zero-order valence-corrected chi connectivity index (χ0v) is 17.9. The van der Waals surface area contributed by atoms with E-state index in [1.54, 1.807) is 0 Å². The van der Waals surface area contributed by atoms with Gasteiger partial charge in [0.1, 0.15) is 5.75 Å². The van der Waals surface area contributed by atoms with Gasteiger partial charge in [0, 0.05) is 36.9 Å². The normalized spacial score (nSPS) is 14.9. The van der Waals surface area contributed by atoms with Crippen molar-refractivity contribution in [3.05, 3.63) is 58.6 Å². The first-order chi connectivity index (χ1) is 13.2. The van der Waals surface area contributed by atoms with Gasteiger partial charge in [-0.1, -0.05) is 50.6 Å². The third-order valence-corrected chi connectivity index (χ3v) is 5.46. The van der Waals surface area contributed by atoms with Gasteiger partial charge in [-0.3, -0.25) is 4.79 Å². The van der Waals surface area contributed by atoms with Gasteiger partial charge in [-0.2, -0.15) is 0 Å². The number of rotatable bonds is 4. The van der Waals surface area contributed by atoms with Gasteiger partial charge in [0.25, 0.3) is 5.91 Å². The molecule has 0 saturated carbocycles. The van der Waals surface area contributed by atoms with Crippen LogP contribution in [-0.4, -0.2) is 43.6 Å². The van der Waals surface area contributed by atoms with Crippen LogP contribution in [0.1, 0.15) is 31.9 Å². The summed E-state index contributed by atoms with van der Waals surface area (Å²) in [5, 5.41) is 0.741. The fraction of sp³-hybridized carbons (Fsp3) is 0.435. The summed E-state index contributed by atoms with van der Waals surface area (Å²) in [5.74, 6) is 0.761. The Morgan fingerprint density at radius 3 is 2.29 bits per heavy atom. The SMILES string of the molecule is Cc1ccc(Cl)cc1N1CCN(C(=O)COc2ccc(C(C)(C)C)cc2)CC1. The Bertz CT molecular complexity index is 819. The summed E-state index contributed by atoms with van der Waals surface area (Å²) in [6.45, 7) is 11.7. The van der Waals surface area contributed by atoms with E-state index in [0.29, 0.717) is 13.1 Å². The zero-order chi connectivity index (χ0) is 20.3. The second-order valence-corrected chi connectivity index (χ2v) is 8.80. The maximum atomic E-state index is 12.5. The van der Waals surface area contributed by atoms with E-state index < -0.39 is 0 Å². The number of carbonyl (C=O) groups is 1. The molecule has 0 N–H and O–H groups in total. The summed E-state index contributed by atoms with van der Waals surface area (Å²) >= 11 is 6.14. The summed E-state index contributed by atoms with van der Waals surface area (Å²) < 4.78 is 5.71. The second-order valence-electron chi connectivity index (χ2n) is 8.36. The molecule has 0 radical (unpaired) electrons. The highest BCUT2D eigenvalue weighted by molar-refractivity contribution is 6.30. The number of hydrogen-bond donors (Lipinski definition) is 0. The lowest BCUT2D eigenvalue weighted by Gasteiger charge is -2.36. The summed E-state index contributed by atoms with van der Waals surface area (Å²) in [5.41, 5.74) is 3.70. The molecule has 28 heavy (non-hydrogen) atoms. The number of amides is 1. The third kappa shape index (κ3) is 4.99. The summed E-state index contributed by atoms with van der Waals surface area (Å²) in [6, 6.07) is 13.9. The van der Waals surface area contributed by atoms with Gasteiger partial charge in [-0.15, -0.1) is 0 Å². The standard InChI is InChI=1S/C23H29ClN2O2/c1-17-5-8-19(24)15-21(17)25-11-13-26(14-12-25)22(27)16-28-20-9-6-18(7-10-20)23(2,3)4/h5-10,15H,11-14,16H2,1-4H3. The molecule has 2 aromatic rings. The highest BCUT2D eigenvalue weighted by atomic mass is 35.5. The number of piperazine rings is 1. The molecule has 0 bridgehead atoms. The molecule has 1 heterocycles. The summed E-state index contributed by atoms with van der Waals surface area (Å²) in [4.78, 5) is 16.7. The molecule has 4 nitrogen and oxygen atoms in total. The van der Waals surface area contributed by atoms with Gasteiger partial charge in [0.05, 0.1) is 0 Å². The van der Waals surface area contributed by atoms with E-state index in [1.807, 2.05) is 35.2 Å². The molecule has 1 aliphatic rings. The molecular weight excluding hydrogens is 372 g/mol. The molecule has 3 rings (SSSR count). The van der Waals surface area contributed by atoms with E-state index in [0.717, 1.165) is 29.5 Å². The Morgan fingerprint density at radius 2 is 1.68 bits per heavy atom. The molecule has 0 spiro atoms. The van der Waals surface area contributed by atoms with Crippen LogP contribution in [0.15, 0.2) is 42.5 Å². The van der Waals surface area contributed by atoms with Gasteiger partial charge in [0.2, 0.25) is 0 Å². The Balaban J connectivity index is 1.51. The number of carbonyl (C=O) groups excluding carboxylic acids is 1. The van der Waals surface area contributed by atoms with Crippen LogP contribution >= 0.6 is 11.6 Å². The smallest absolute Gasteiger partial charge is 0.260 e. The van der Waals surface area contributed by atoms with Crippen molar-refractivity contribution in [1.82, 2.24) is 4.90 Å². The van der Waals surface area contributed by atoms with Crippen LogP contribution in [0.5, 0.6) is 5.75 Å². The van der Waals surface area contributed by atoms with Crippen LogP contribution in [0.25, 0.3) is 0 Å². The van der Waals surface area contributed by atoms with Crippen molar-refractivity contribution in [2.75, 3.05) is 37.7 Å². The van der Waals surface area contributed by atoms with Crippen molar-refractivity contribution in [3.63, 3.8) is 0 Å². The molecule has 2 aromatic carbocycles. The largest absolute Gasteiger partial charge is 0.484 e. The minimum atomic E-state index is 0.0300. The third-order valence-electron chi connectivity index (χ3n) is 5.23. The van der Waals surface area contributed by atoms with Crippen LogP contribution in [0.4, 0.5) is 5.69 Å². The van der Waals surface area contributed by atoms with Gasteiger partial charge in [0.15, 0.2) is 6.61 Å². The molecule has 0 atom stereocenters. The van der Waals surface area contributed by atoms with E-state index in [1.165, 1.54) is 11.1 Å². The first-order valence-electron chi connectivity index (χ1n) is 9.76. The number of nitrogens with zero attached hydrogens (tertiary/aromatic N) is 2. The van der Waals surface area contributed by atoms with E-state index >= 15 is 0 Å².